The van der Waals surface area contributed by atoms with Crippen molar-refractivity contribution < 1.29 is 9.15 Å². The van der Waals surface area contributed by atoms with E-state index in [2.05, 4.69) is 15.9 Å². The highest BCUT2D eigenvalue weighted by Gasteiger charge is 2.09. The van der Waals surface area contributed by atoms with Crippen LogP contribution in [0.2, 0.25) is 0 Å². The van der Waals surface area contributed by atoms with E-state index in [-0.39, 0.29) is 0 Å². The Morgan fingerprint density at radius 1 is 1.12 bits per heavy atom. The van der Waals surface area contributed by atoms with Gasteiger partial charge in [-0.2, -0.15) is 0 Å². The van der Waals surface area contributed by atoms with Gasteiger partial charge in [0.2, 0.25) is 0 Å². The summed E-state index contributed by atoms with van der Waals surface area (Å²) in [5.74, 6) is 0.808. The first kappa shape index (κ1) is 9.73. The van der Waals surface area contributed by atoms with E-state index in [0.717, 1.165) is 32.2 Å². The molecule has 80 valence electrons. The highest BCUT2D eigenvalue weighted by Crippen LogP contribution is 2.35. The maximum Gasteiger partial charge on any atom is 0.139 e. The zero-order valence-corrected chi connectivity index (χ0v) is 10.2. The number of methoxy groups -OCH3 is 1. The Labute approximate surface area is 101 Å². The fourth-order valence-electron chi connectivity index (χ4n) is 1.89. The van der Waals surface area contributed by atoms with Crippen LogP contribution in [-0.4, -0.2) is 7.11 Å². The summed E-state index contributed by atoms with van der Waals surface area (Å²) in [6.07, 6.45) is 0. The van der Waals surface area contributed by atoms with E-state index >= 15 is 0 Å². The van der Waals surface area contributed by atoms with Crippen LogP contribution in [0, 0.1) is 0 Å². The number of rotatable bonds is 1. The van der Waals surface area contributed by atoms with Crippen LogP contribution in [0.3, 0.4) is 0 Å². The van der Waals surface area contributed by atoms with Gasteiger partial charge in [0.05, 0.1) is 7.11 Å². The molecular weight excluding hydrogens is 268 g/mol. The van der Waals surface area contributed by atoms with Crippen LogP contribution in [0.4, 0.5) is 0 Å². The van der Waals surface area contributed by atoms with Crippen LogP contribution in [0.15, 0.2) is 45.3 Å². The number of ether oxygens (including phenoxy) is 1. The van der Waals surface area contributed by atoms with Crippen molar-refractivity contribution in [1.82, 2.24) is 0 Å². The zero-order chi connectivity index (χ0) is 11.1. The number of fused-ring (bicyclic) bond motifs is 3. The largest absolute Gasteiger partial charge is 0.497 e. The average Bonchev–Trinajstić information content (AvgIpc) is 2.67. The van der Waals surface area contributed by atoms with E-state index in [0.29, 0.717) is 0 Å². The fourth-order valence-corrected chi connectivity index (χ4v) is 2.45. The van der Waals surface area contributed by atoms with Gasteiger partial charge in [0.1, 0.15) is 16.9 Å². The Kier molecular flexibility index (Phi) is 2.14. The molecule has 0 spiro atoms. The molecule has 3 rings (SSSR count). The summed E-state index contributed by atoms with van der Waals surface area (Å²) in [5, 5.41) is 2.21. The third-order valence-electron chi connectivity index (χ3n) is 2.65. The van der Waals surface area contributed by atoms with Crippen molar-refractivity contribution in [2.45, 2.75) is 0 Å². The molecule has 0 amide bonds. The molecule has 1 heterocycles. The van der Waals surface area contributed by atoms with E-state index in [1.165, 1.54) is 0 Å². The van der Waals surface area contributed by atoms with Gasteiger partial charge in [-0.15, -0.1) is 0 Å². The van der Waals surface area contributed by atoms with Gasteiger partial charge in [0, 0.05) is 21.3 Å². The van der Waals surface area contributed by atoms with Crippen LogP contribution in [0.25, 0.3) is 21.9 Å². The van der Waals surface area contributed by atoms with Crippen molar-refractivity contribution >= 4 is 37.9 Å². The first-order chi connectivity index (χ1) is 7.79. The van der Waals surface area contributed by atoms with Crippen LogP contribution in [0.1, 0.15) is 0 Å². The molecule has 0 aliphatic carbocycles. The minimum absolute atomic E-state index is 0.808. The first-order valence-corrected chi connectivity index (χ1v) is 5.73. The van der Waals surface area contributed by atoms with Crippen molar-refractivity contribution in [3.05, 3.63) is 40.9 Å². The average molecular weight is 277 g/mol. The maximum absolute atomic E-state index is 5.77. The van der Waals surface area contributed by atoms with E-state index in [9.17, 15) is 0 Å². The summed E-state index contributed by atoms with van der Waals surface area (Å²) in [6, 6.07) is 11.8. The summed E-state index contributed by atoms with van der Waals surface area (Å²) in [6.45, 7) is 0. The van der Waals surface area contributed by atoms with Gasteiger partial charge in [-0.05, 0) is 24.3 Å². The molecule has 0 aliphatic heterocycles. The molecule has 3 heteroatoms. The van der Waals surface area contributed by atoms with Crippen molar-refractivity contribution in [2.75, 3.05) is 7.11 Å². The topological polar surface area (TPSA) is 22.4 Å². The Bertz CT molecular complexity index is 670. The smallest absolute Gasteiger partial charge is 0.139 e. The summed E-state index contributed by atoms with van der Waals surface area (Å²) < 4.78 is 12.0. The van der Waals surface area contributed by atoms with Gasteiger partial charge in [-0.3, -0.25) is 0 Å². The molecule has 2 nitrogen and oxygen atoms in total. The third-order valence-corrected chi connectivity index (χ3v) is 3.31. The lowest BCUT2D eigenvalue weighted by molar-refractivity contribution is 0.414. The molecule has 0 radical (unpaired) electrons. The van der Waals surface area contributed by atoms with E-state index in [4.69, 9.17) is 9.15 Å². The lowest BCUT2D eigenvalue weighted by Crippen LogP contribution is -1.80. The highest BCUT2D eigenvalue weighted by molar-refractivity contribution is 9.10. The van der Waals surface area contributed by atoms with E-state index in [1.54, 1.807) is 7.11 Å². The molecule has 3 aromatic rings. The summed E-state index contributed by atoms with van der Waals surface area (Å²) in [7, 11) is 1.65. The number of furan rings is 1. The van der Waals surface area contributed by atoms with E-state index in [1.807, 2.05) is 36.4 Å². The quantitative estimate of drug-likeness (QED) is 0.659. The van der Waals surface area contributed by atoms with Gasteiger partial charge in [0.25, 0.3) is 0 Å². The Balaban J connectivity index is 2.47. The van der Waals surface area contributed by atoms with Gasteiger partial charge < -0.3 is 9.15 Å². The Morgan fingerprint density at radius 3 is 2.81 bits per heavy atom. The van der Waals surface area contributed by atoms with Crippen LogP contribution < -0.4 is 4.74 Å². The summed E-state index contributed by atoms with van der Waals surface area (Å²) >= 11 is 3.54. The zero-order valence-electron chi connectivity index (χ0n) is 8.66. The monoisotopic (exact) mass is 276 g/mol. The molecular formula is C13H9BrO2. The normalized spacial score (nSPS) is 11.1. The number of halogens is 1. The fraction of sp³-hybridized carbons (Fsp3) is 0.0769. The number of hydrogen-bond donors (Lipinski definition) is 0. The minimum atomic E-state index is 0.808. The molecule has 0 saturated carbocycles. The van der Waals surface area contributed by atoms with E-state index < -0.39 is 0 Å². The predicted molar refractivity (Wildman–Crippen MR) is 68.0 cm³/mol. The molecule has 0 bridgehead atoms. The van der Waals surface area contributed by atoms with Crippen molar-refractivity contribution in [3.63, 3.8) is 0 Å². The Hall–Kier alpha value is -1.48. The SMILES string of the molecule is COc1ccc2c(c1)oc1cccc(Br)c12. The van der Waals surface area contributed by atoms with Crippen molar-refractivity contribution in [2.24, 2.45) is 0 Å². The van der Waals surface area contributed by atoms with Crippen molar-refractivity contribution in [3.8, 4) is 5.75 Å². The van der Waals surface area contributed by atoms with Gasteiger partial charge >= 0.3 is 0 Å². The lowest BCUT2D eigenvalue weighted by atomic mass is 10.1. The lowest BCUT2D eigenvalue weighted by Gasteiger charge is -1.97. The molecule has 0 N–H and O–H groups in total. The predicted octanol–water partition coefficient (Wildman–Crippen LogP) is 4.36. The van der Waals surface area contributed by atoms with Crippen molar-refractivity contribution in [1.29, 1.82) is 0 Å². The second-order valence-electron chi connectivity index (χ2n) is 3.58. The third kappa shape index (κ3) is 1.32. The second-order valence-corrected chi connectivity index (χ2v) is 4.43. The molecule has 1 aromatic heterocycles. The van der Waals surface area contributed by atoms with Crippen LogP contribution >= 0.6 is 15.9 Å². The standard InChI is InChI=1S/C13H9BrO2/c1-15-8-5-6-9-12(7-8)16-11-4-2-3-10(14)13(9)11/h2-7H,1H3. The molecule has 0 aliphatic rings. The highest BCUT2D eigenvalue weighted by atomic mass is 79.9. The van der Waals surface area contributed by atoms with Crippen LogP contribution in [-0.2, 0) is 0 Å². The van der Waals surface area contributed by atoms with Gasteiger partial charge in [0.15, 0.2) is 0 Å². The Morgan fingerprint density at radius 2 is 2.00 bits per heavy atom. The molecule has 0 unspecified atom stereocenters. The summed E-state index contributed by atoms with van der Waals surface area (Å²) in [5.41, 5.74) is 1.74. The minimum Gasteiger partial charge on any atom is -0.497 e. The number of benzene rings is 2. The van der Waals surface area contributed by atoms with Gasteiger partial charge in [-0.25, -0.2) is 0 Å². The molecule has 2 aromatic carbocycles. The molecule has 16 heavy (non-hydrogen) atoms. The second kappa shape index (κ2) is 3.52. The summed E-state index contributed by atoms with van der Waals surface area (Å²) in [4.78, 5) is 0. The maximum atomic E-state index is 5.77. The molecule has 0 fully saturated rings. The van der Waals surface area contributed by atoms with Gasteiger partial charge in [-0.1, -0.05) is 22.0 Å². The molecule has 0 atom stereocenters. The number of hydrogen-bond acceptors (Lipinski definition) is 2. The first-order valence-electron chi connectivity index (χ1n) is 4.94. The van der Waals surface area contributed by atoms with Crippen LogP contribution in [0.5, 0.6) is 5.75 Å². The molecule has 0 saturated heterocycles.